The fourth-order valence-electron chi connectivity index (χ4n) is 1.35. The van der Waals surface area contributed by atoms with E-state index in [1.165, 1.54) is 0 Å². The van der Waals surface area contributed by atoms with Crippen LogP contribution in [0.25, 0.3) is 11.5 Å². The molecule has 0 saturated heterocycles. The molecule has 1 heterocycles. The third kappa shape index (κ3) is 2.38. The van der Waals surface area contributed by atoms with E-state index in [0.717, 1.165) is 18.5 Å². The molecule has 1 aromatic carbocycles. The first-order valence-corrected chi connectivity index (χ1v) is 5.06. The minimum absolute atomic E-state index is 0.187. The number of aromatic hydroxyl groups is 1. The molecule has 0 aliphatic heterocycles. The average molecular weight is 219 g/mol. The lowest BCUT2D eigenvalue weighted by atomic mass is 10.2. The number of rotatable bonds is 4. The van der Waals surface area contributed by atoms with E-state index in [4.69, 9.17) is 4.52 Å². The molecular weight excluding hydrogens is 206 g/mol. The first-order chi connectivity index (χ1) is 7.79. The van der Waals surface area contributed by atoms with E-state index in [2.05, 4.69) is 15.5 Å². The van der Waals surface area contributed by atoms with Crippen LogP contribution in [0.4, 0.5) is 0 Å². The normalized spacial score (nSPS) is 10.6. The van der Waals surface area contributed by atoms with Crippen molar-refractivity contribution in [2.24, 2.45) is 0 Å². The second-order valence-corrected chi connectivity index (χ2v) is 3.42. The highest BCUT2D eigenvalue weighted by Gasteiger charge is 2.08. The molecule has 0 radical (unpaired) electrons. The van der Waals surface area contributed by atoms with Gasteiger partial charge in [0.25, 0.3) is 5.89 Å². The van der Waals surface area contributed by atoms with Crippen LogP contribution in [0.2, 0.25) is 0 Å². The van der Waals surface area contributed by atoms with Gasteiger partial charge in [-0.3, -0.25) is 0 Å². The Bertz CT molecular complexity index is 468. The molecule has 2 rings (SSSR count). The zero-order valence-electron chi connectivity index (χ0n) is 8.97. The number of phenolic OH excluding ortho intramolecular Hbond substituents is 1. The van der Waals surface area contributed by atoms with E-state index in [9.17, 15) is 5.11 Å². The SMILES string of the molecule is CNCCc1noc(-c2cccc(O)c2)n1. The summed E-state index contributed by atoms with van der Waals surface area (Å²) in [5.41, 5.74) is 0.725. The number of nitrogens with one attached hydrogen (secondary N) is 1. The standard InChI is InChI=1S/C11H13N3O2/c1-12-6-5-10-13-11(16-14-10)8-3-2-4-9(15)7-8/h2-4,7,12,15H,5-6H2,1H3. The van der Waals surface area contributed by atoms with E-state index < -0.39 is 0 Å². The van der Waals surface area contributed by atoms with Crippen LogP contribution in [-0.2, 0) is 6.42 Å². The first-order valence-electron chi connectivity index (χ1n) is 5.06. The molecule has 0 aliphatic rings. The van der Waals surface area contributed by atoms with Crippen molar-refractivity contribution < 1.29 is 9.63 Å². The molecular formula is C11H13N3O2. The Morgan fingerprint density at radius 1 is 1.44 bits per heavy atom. The molecule has 5 heteroatoms. The maximum absolute atomic E-state index is 9.32. The maximum Gasteiger partial charge on any atom is 0.258 e. The molecule has 5 nitrogen and oxygen atoms in total. The van der Waals surface area contributed by atoms with Gasteiger partial charge in [0.15, 0.2) is 5.82 Å². The van der Waals surface area contributed by atoms with Crippen LogP contribution in [0.1, 0.15) is 5.82 Å². The Labute approximate surface area is 93.1 Å². The average Bonchev–Trinajstić information content (AvgIpc) is 2.75. The van der Waals surface area contributed by atoms with E-state index in [-0.39, 0.29) is 5.75 Å². The molecule has 2 aromatic rings. The van der Waals surface area contributed by atoms with Crippen LogP contribution < -0.4 is 5.32 Å². The molecule has 0 aliphatic carbocycles. The van der Waals surface area contributed by atoms with Gasteiger partial charge in [-0.1, -0.05) is 11.2 Å². The summed E-state index contributed by atoms with van der Waals surface area (Å²) in [6.45, 7) is 0.805. The summed E-state index contributed by atoms with van der Waals surface area (Å²) in [4.78, 5) is 4.23. The van der Waals surface area contributed by atoms with Crippen molar-refractivity contribution in [2.45, 2.75) is 6.42 Å². The van der Waals surface area contributed by atoms with Gasteiger partial charge in [-0.15, -0.1) is 0 Å². The summed E-state index contributed by atoms with van der Waals surface area (Å²) in [5, 5.41) is 16.2. The zero-order chi connectivity index (χ0) is 11.4. The Morgan fingerprint density at radius 2 is 2.31 bits per heavy atom. The van der Waals surface area contributed by atoms with Crippen LogP contribution >= 0.6 is 0 Å². The van der Waals surface area contributed by atoms with Crippen molar-refractivity contribution in [2.75, 3.05) is 13.6 Å². The first kappa shape index (κ1) is 10.6. The van der Waals surface area contributed by atoms with Crippen molar-refractivity contribution in [3.8, 4) is 17.2 Å². The molecule has 0 saturated carbocycles. The molecule has 2 N–H and O–H groups in total. The second kappa shape index (κ2) is 4.76. The van der Waals surface area contributed by atoms with Gasteiger partial charge < -0.3 is 14.9 Å². The fraction of sp³-hybridized carbons (Fsp3) is 0.273. The van der Waals surface area contributed by atoms with Crippen LogP contribution in [0, 0.1) is 0 Å². The maximum atomic E-state index is 9.32. The predicted octanol–water partition coefficient (Wildman–Crippen LogP) is 1.20. The number of aromatic nitrogens is 2. The summed E-state index contributed by atoms with van der Waals surface area (Å²) < 4.78 is 5.10. The number of nitrogens with zero attached hydrogens (tertiary/aromatic N) is 2. The van der Waals surface area contributed by atoms with Gasteiger partial charge in [-0.25, -0.2) is 0 Å². The minimum Gasteiger partial charge on any atom is -0.508 e. The zero-order valence-corrected chi connectivity index (χ0v) is 8.97. The Hall–Kier alpha value is -1.88. The molecule has 0 fully saturated rings. The smallest absolute Gasteiger partial charge is 0.258 e. The van der Waals surface area contributed by atoms with Crippen LogP contribution in [0.3, 0.4) is 0 Å². The van der Waals surface area contributed by atoms with Gasteiger partial charge in [0.1, 0.15) is 5.75 Å². The molecule has 0 unspecified atom stereocenters. The largest absolute Gasteiger partial charge is 0.508 e. The molecule has 0 bridgehead atoms. The summed E-state index contributed by atoms with van der Waals surface area (Å²) in [7, 11) is 1.87. The van der Waals surface area contributed by atoms with Gasteiger partial charge in [0, 0.05) is 18.5 Å². The summed E-state index contributed by atoms with van der Waals surface area (Å²) in [5.74, 6) is 1.28. The van der Waals surface area contributed by atoms with Crippen molar-refractivity contribution in [3.05, 3.63) is 30.1 Å². The van der Waals surface area contributed by atoms with Crippen molar-refractivity contribution >= 4 is 0 Å². The monoisotopic (exact) mass is 219 g/mol. The van der Waals surface area contributed by atoms with Crippen molar-refractivity contribution in [1.82, 2.24) is 15.5 Å². The molecule has 0 atom stereocenters. The van der Waals surface area contributed by atoms with Gasteiger partial charge in [-0.05, 0) is 25.2 Å². The fourth-order valence-corrected chi connectivity index (χ4v) is 1.35. The Kier molecular flexibility index (Phi) is 3.16. The summed E-state index contributed by atoms with van der Waals surface area (Å²) >= 11 is 0. The lowest BCUT2D eigenvalue weighted by molar-refractivity contribution is 0.421. The topological polar surface area (TPSA) is 71.2 Å². The molecule has 0 spiro atoms. The highest BCUT2D eigenvalue weighted by Crippen LogP contribution is 2.21. The van der Waals surface area contributed by atoms with E-state index in [1.54, 1.807) is 18.2 Å². The van der Waals surface area contributed by atoms with Gasteiger partial charge in [-0.2, -0.15) is 4.98 Å². The minimum atomic E-state index is 0.187. The van der Waals surface area contributed by atoms with E-state index in [0.29, 0.717) is 11.7 Å². The third-order valence-electron chi connectivity index (χ3n) is 2.16. The quantitative estimate of drug-likeness (QED) is 0.808. The number of benzene rings is 1. The second-order valence-electron chi connectivity index (χ2n) is 3.42. The summed E-state index contributed by atoms with van der Waals surface area (Å²) in [6.07, 6.45) is 0.721. The highest BCUT2D eigenvalue weighted by molar-refractivity contribution is 5.55. The third-order valence-corrected chi connectivity index (χ3v) is 2.16. The van der Waals surface area contributed by atoms with Crippen LogP contribution in [0.15, 0.2) is 28.8 Å². The Morgan fingerprint density at radius 3 is 3.06 bits per heavy atom. The van der Waals surface area contributed by atoms with E-state index in [1.807, 2.05) is 13.1 Å². The number of phenols is 1. The molecule has 84 valence electrons. The van der Waals surface area contributed by atoms with Gasteiger partial charge in [0.05, 0.1) is 0 Å². The van der Waals surface area contributed by atoms with E-state index >= 15 is 0 Å². The van der Waals surface area contributed by atoms with Crippen LogP contribution in [-0.4, -0.2) is 28.8 Å². The molecule has 16 heavy (non-hydrogen) atoms. The summed E-state index contributed by atoms with van der Waals surface area (Å²) in [6, 6.07) is 6.74. The van der Waals surface area contributed by atoms with Crippen LogP contribution in [0.5, 0.6) is 5.75 Å². The predicted molar refractivity (Wildman–Crippen MR) is 59.0 cm³/mol. The van der Waals surface area contributed by atoms with Crippen molar-refractivity contribution in [3.63, 3.8) is 0 Å². The lowest BCUT2D eigenvalue weighted by Crippen LogP contribution is -2.10. The highest BCUT2D eigenvalue weighted by atomic mass is 16.5. The van der Waals surface area contributed by atoms with Crippen molar-refractivity contribution in [1.29, 1.82) is 0 Å². The molecule has 1 aromatic heterocycles. The molecule has 0 amide bonds. The number of hydrogen-bond donors (Lipinski definition) is 2. The lowest BCUT2D eigenvalue weighted by Gasteiger charge is -1.94. The Balaban J connectivity index is 2.18. The van der Waals surface area contributed by atoms with Gasteiger partial charge in [0.2, 0.25) is 0 Å². The number of hydrogen-bond acceptors (Lipinski definition) is 5. The number of likely N-dealkylation sites (N-methyl/N-ethyl adjacent to an activating group) is 1. The van der Waals surface area contributed by atoms with Gasteiger partial charge >= 0.3 is 0 Å².